The summed E-state index contributed by atoms with van der Waals surface area (Å²) in [5.74, 6) is 0.0345. The average Bonchev–Trinajstić information content (AvgIpc) is 2.95. The zero-order chi connectivity index (χ0) is 30.7. The molecular weight excluding hydrogens is 596 g/mol. The van der Waals surface area contributed by atoms with Crippen molar-refractivity contribution in [3.8, 4) is 34.5 Å². The summed E-state index contributed by atoms with van der Waals surface area (Å²) in [7, 11) is 1.47. The summed E-state index contributed by atoms with van der Waals surface area (Å²) in [6.07, 6.45) is 0. The van der Waals surface area contributed by atoms with Gasteiger partial charge in [-0.05, 0) is 48.5 Å². The topological polar surface area (TPSA) is 171 Å². The van der Waals surface area contributed by atoms with Gasteiger partial charge in [0.1, 0.15) is 56.4 Å². The highest BCUT2D eigenvalue weighted by Crippen LogP contribution is 2.35. The Kier molecular flexibility index (Phi) is 8.41. The normalized spacial score (nSPS) is 10.8. The van der Waals surface area contributed by atoms with Gasteiger partial charge in [0.25, 0.3) is 0 Å². The van der Waals surface area contributed by atoms with Crippen molar-refractivity contribution in [1.82, 2.24) is 0 Å². The number of phenols is 5. The molecule has 0 spiro atoms. The first kappa shape index (κ1) is 29.3. The summed E-state index contributed by atoms with van der Waals surface area (Å²) in [6, 6.07) is 20.8. The van der Waals surface area contributed by atoms with Crippen molar-refractivity contribution in [2.24, 2.45) is 0 Å². The molecular formula is C31H22O10S2. The number of ether oxygens (including phenoxy) is 1. The highest BCUT2D eigenvalue weighted by molar-refractivity contribution is 7.99. The minimum Gasteiger partial charge on any atom is -0.508 e. The number of phenolic OH excluding ortho intramolecular Hbond substituents is 5. The third-order valence-corrected chi connectivity index (χ3v) is 7.70. The summed E-state index contributed by atoms with van der Waals surface area (Å²) in [5.41, 5.74) is -0.357. The maximum Gasteiger partial charge on any atom is 0.197 e. The molecule has 4 aromatic carbocycles. The Balaban J connectivity index is 0.000000171. The molecule has 0 atom stereocenters. The van der Waals surface area contributed by atoms with Crippen LogP contribution in [0.2, 0.25) is 0 Å². The van der Waals surface area contributed by atoms with Crippen LogP contribution in [-0.2, 0) is 0 Å². The number of rotatable bonds is 5. The van der Waals surface area contributed by atoms with E-state index in [4.69, 9.17) is 13.6 Å². The lowest BCUT2D eigenvalue weighted by molar-refractivity contribution is 0.406. The third-order valence-electron chi connectivity index (χ3n) is 5.88. The molecule has 10 nitrogen and oxygen atoms in total. The van der Waals surface area contributed by atoms with Crippen molar-refractivity contribution < 1.29 is 39.1 Å². The van der Waals surface area contributed by atoms with Gasteiger partial charge in [-0.3, -0.25) is 9.59 Å². The first-order chi connectivity index (χ1) is 20.6. The highest BCUT2D eigenvalue weighted by Gasteiger charge is 2.13. The molecule has 0 amide bonds. The van der Waals surface area contributed by atoms with Crippen LogP contribution in [0.1, 0.15) is 0 Å². The molecule has 0 fully saturated rings. The second kappa shape index (κ2) is 12.3. The van der Waals surface area contributed by atoms with Gasteiger partial charge >= 0.3 is 0 Å². The van der Waals surface area contributed by atoms with E-state index in [9.17, 15) is 35.1 Å². The maximum atomic E-state index is 12.2. The van der Waals surface area contributed by atoms with Crippen molar-refractivity contribution in [2.45, 2.75) is 20.0 Å². The molecule has 6 rings (SSSR count). The minimum atomic E-state index is -0.393. The van der Waals surface area contributed by atoms with E-state index < -0.39 is 5.43 Å². The monoisotopic (exact) mass is 618 g/mol. The van der Waals surface area contributed by atoms with Crippen molar-refractivity contribution in [1.29, 1.82) is 0 Å². The van der Waals surface area contributed by atoms with Crippen molar-refractivity contribution >= 4 is 45.5 Å². The number of benzene rings is 4. The molecule has 0 aliphatic heterocycles. The lowest BCUT2D eigenvalue weighted by Gasteiger charge is -2.06. The van der Waals surface area contributed by atoms with Gasteiger partial charge in [0.2, 0.25) is 0 Å². The summed E-state index contributed by atoms with van der Waals surface area (Å²) in [5, 5.41) is 48.4. The molecule has 5 N–H and O–H groups in total. The lowest BCUT2D eigenvalue weighted by atomic mass is 10.2. The van der Waals surface area contributed by atoms with Crippen LogP contribution in [0.3, 0.4) is 0 Å². The minimum absolute atomic E-state index is 0.0304. The molecule has 0 radical (unpaired) electrons. The van der Waals surface area contributed by atoms with E-state index >= 15 is 0 Å². The number of hydrogen-bond donors (Lipinski definition) is 5. The first-order valence-corrected chi connectivity index (χ1v) is 14.0. The molecule has 43 heavy (non-hydrogen) atoms. The van der Waals surface area contributed by atoms with Gasteiger partial charge in [0, 0.05) is 46.2 Å². The Morgan fingerprint density at radius 2 is 1.00 bits per heavy atom. The summed E-state index contributed by atoms with van der Waals surface area (Å²) in [4.78, 5) is 25.8. The number of methoxy groups -OCH3 is 1. The van der Waals surface area contributed by atoms with Crippen LogP contribution in [-0.4, -0.2) is 32.6 Å². The van der Waals surface area contributed by atoms with Gasteiger partial charge in [0.05, 0.1) is 7.11 Å². The molecule has 0 saturated heterocycles. The Labute approximate surface area is 251 Å². The molecule has 0 unspecified atom stereocenters. The quantitative estimate of drug-likeness (QED) is 0.144. The molecule has 2 heterocycles. The summed E-state index contributed by atoms with van der Waals surface area (Å²) >= 11 is 2.44. The van der Waals surface area contributed by atoms with Crippen LogP contribution in [0.4, 0.5) is 0 Å². The molecule has 6 aromatic rings. The van der Waals surface area contributed by atoms with Crippen LogP contribution in [0, 0.1) is 0 Å². The Morgan fingerprint density at radius 1 is 0.558 bits per heavy atom. The second-order valence-electron chi connectivity index (χ2n) is 8.91. The van der Waals surface area contributed by atoms with E-state index in [0.717, 1.165) is 15.9 Å². The molecule has 2 aromatic heterocycles. The van der Waals surface area contributed by atoms with E-state index in [-0.39, 0.29) is 56.1 Å². The van der Waals surface area contributed by atoms with E-state index in [1.807, 2.05) is 0 Å². The van der Waals surface area contributed by atoms with Crippen molar-refractivity contribution in [2.75, 3.05) is 7.11 Å². The number of hydrogen-bond acceptors (Lipinski definition) is 12. The van der Waals surface area contributed by atoms with Gasteiger partial charge < -0.3 is 39.1 Å². The van der Waals surface area contributed by atoms with Gasteiger partial charge in [-0.2, -0.15) is 0 Å². The van der Waals surface area contributed by atoms with Crippen LogP contribution < -0.4 is 15.6 Å². The predicted octanol–water partition coefficient (Wildman–Crippen LogP) is 6.43. The number of aromatic hydroxyl groups is 5. The van der Waals surface area contributed by atoms with Gasteiger partial charge in [-0.25, -0.2) is 0 Å². The molecule has 0 saturated carbocycles. The fourth-order valence-corrected chi connectivity index (χ4v) is 5.54. The van der Waals surface area contributed by atoms with E-state index in [2.05, 4.69) is 0 Å². The first-order valence-electron chi connectivity index (χ1n) is 12.4. The smallest absolute Gasteiger partial charge is 0.197 e. The van der Waals surface area contributed by atoms with Crippen LogP contribution in [0.25, 0.3) is 21.9 Å². The Hall–Kier alpha value is -5.20. The fraction of sp³-hybridized carbons (Fsp3) is 0.0323. The zero-order valence-corrected chi connectivity index (χ0v) is 23.8. The fourth-order valence-electron chi connectivity index (χ4n) is 3.93. The predicted molar refractivity (Wildman–Crippen MR) is 161 cm³/mol. The van der Waals surface area contributed by atoms with Gasteiger partial charge in [0.15, 0.2) is 21.0 Å². The van der Waals surface area contributed by atoms with E-state index in [1.54, 1.807) is 42.5 Å². The van der Waals surface area contributed by atoms with Crippen LogP contribution in [0.15, 0.2) is 123 Å². The van der Waals surface area contributed by atoms with Crippen molar-refractivity contribution in [3.63, 3.8) is 0 Å². The molecule has 218 valence electrons. The molecule has 12 heteroatoms. The standard InChI is InChI=1S/C16H12O5S.C15H10O5S/c1-20-10-6-12(18)16-13(19)8-15(21-14(16)7-10)22-11-4-2-9(17)3-5-11;16-8-1-3-10(4-2-8)21-14-7-12(19)15-11(18)5-9(17)6-13(15)20-14/h2-8,17-18H,1H3;1-7,16-18H. The summed E-state index contributed by atoms with van der Waals surface area (Å²) in [6.45, 7) is 0. The van der Waals surface area contributed by atoms with Crippen molar-refractivity contribution in [3.05, 3.63) is 105 Å². The van der Waals surface area contributed by atoms with Gasteiger partial charge in [-0.15, -0.1) is 0 Å². The lowest BCUT2D eigenvalue weighted by Crippen LogP contribution is -2.00. The number of fused-ring (bicyclic) bond motifs is 2. The zero-order valence-electron chi connectivity index (χ0n) is 22.2. The van der Waals surface area contributed by atoms with Crippen LogP contribution >= 0.6 is 23.5 Å². The maximum absolute atomic E-state index is 12.2. The summed E-state index contributed by atoms with van der Waals surface area (Å²) < 4.78 is 16.2. The Morgan fingerprint density at radius 3 is 1.47 bits per heavy atom. The van der Waals surface area contributed by atoms with Gasteiger partial charge in [-0.1, -0.05) is 23.5 Å². The molecule has 0 aliphatic carbocycles. The highest BCUT2D eigenvalue weighted by atomic mass is 32.2. The average molecular weight is 619 g/mol. The SMILES string of the molecule is COc1cc(O)c2c(=O)cc(Sc3ccc(O)cc3)oc2c1.O=c1cc(Sc2ccc(O)cc2)oc2cc(O)cc(O)c12. The molecule has 0 bridgehead atoms. The largest absolute Gasteiger partial charge is 0.508 e. The van der Waals surface area contributed by atoms with E-state index in [0.29, 0.717) is 15.9 Å². The molecule has 0 aliphatic rings. The van der Waals surface area contributed by atoms with Crippen LogP contribution in [0.5, 0.6) is 34.5 Å². The third kappa shape index (κ3) is 6.83. The Bertz CT molecular complexity index is 2050. The second-order valence-corrected chi connectivity index (χ2v) is 11.1. The van der Waals surface area contributed by atoms with E-state index in [1.165, 1.54) is 67.0 Å².